The van der Waals surface area contributed by atoms with Gasteiger partial charge in [-0.3, -0.25) is 4.79 Å². The molecule has 0 bridgehead atoms. The molecule has 18 heavy (non-hydrogen) atoms. The Hall–Kier alpha value is -1.37. The second kappa shape index (κ2) is 5.51. The molecule has 5 heteroatoms. The Bertz CT molecular complexity index is 598. The van der Waals surface area contributed by atoms with E-state index in [1.807, 2.05) is 25.1 Å². The lowest BCUT2D eigenvalue weighted by Crippen LogP contribution is -2.26. The Morgan fingerprint density at radius 2 is 2.22 bits per heavy atom. The van der Waals surface area contributed by atoms with Crippen molar-refractivity contribution < 1.29 is 4.79 Å². The average Bonchev–Trinajstić information content (AvgIpc) is 2.37. The molecule has 1 aromatic heterocycles. The molecule has 1 aromatic carbocycles. The minimum atomic E-state index is -0.213. The summed E-state index contributed by atoms with van der Waals surface area (Å²) in [5.74, 6) is -0.213. The average molecular weight is 355 g/mol. The van der Waals surface area contributed by atoms with Gasteiger partial charge in [0.1, 0.15) is 0 Å². The minimum Gasteiger partial charge on any atom is -0.396 e. The van der Waals surface area contributed by atoms with Crippen LogP contribution in [0.25, 0.3) is 10.8 Å². The molecule has 0 spiro atoms. The van der Waals surface area contributed by atoms with Gasteiger partial charge in [-0.05, 0) is 35.1 Å². The highest BCUT2D eigenvalue weighted by molar-refractivity contribution is 14.1. The van der Waals surface area contributed by atoms with E-state index in [9.17, 15) is 4.79 Å². The summed E-state index contributed by atoms with van der Waals surface area (Å²) in [4.78, 5) is 16.1. The third kappa shape index (κ3) is 2.40. The number of carbonyl (C=O) groups excluding carboxylic acids is 1. The Kier molecular flexibility index (Phi) is 4.00. The number of aromatic nitrogens is 1. The number of fused-ring (bicyclic) bond motifs is 1. The van der Waals surface area contributed by atoms with Crippen molar-refractivity contribution in [3.63, 3.8) is 0 Å². The van der Waals surface area contributed by atoms with Gasteiger partial charge in [0.05, 0.1) is 5.69 Å². The molecule has 0 fully saturated rings. The molecule has 2 aromatic rings. The molecule has 0 saturated heterocycles. The van der Waals surface area contributed by atoms with E-state index < -0.39 is 0 Å². The number of carbonyl (C=O) groups is 1. The molecule has 4 nitrogen and oxygen atoms in total. The van der Waals surface area contributed by atoms with Crippen LogP contribution in [0.1, 0.15) is 23.8 Å². The van der Waals surface area contributed by atoms with Crippen molar-refractivity contribution in [2.24, 2.45) is 0 Å². The van der Waals surface area contributed by atoms with Gasteiger partial charge in [0, 0.05) is 27.1 Å². The van der Waals surface area contributed by atoms with E-state index >= 15 is 0 Å². The minimum absolute atomic E-state index is 0.213. The monoisotopic (exact) mass is 355 g/mol. The van der Waals surface area contributed by atoms with Gasteiger partial charge >= 0.3 is 0 Å². The summed E-state index contributed by atoms with van der Waals surface area (Å²) >= 11 is 2.23. The number of nitrogens with two attached hydrogens (primary N) is 1. The molecular weight excluding hydrogens is 341 g/mol. The maximum Gasteiger partial charge on any atom is 0.272 e. The first-order valence-corrected chi connectivity index (χ1v) is 6.84. The number of benzene rings is 1. The third-order valence-corrected chi connectivity index (χ3v) is 3.61. The number of nitrogens with zero attached hydrogens (tertiary/aromatic N) is 1. The molecule has 0 unspecified atom stereocenters. The molecule has 0 aliphatic heterocycles. The van der Waals surface area contributed by atoms with E-state index in [4.69, 9.17) is 5.73 Å². The summed E-state index contributed by atoms with van der Waals surface area (Å²) in [5.41, 5.74) is 6.78. The van der Waals surface area contributed by atoms with E-state index in [0.29, 0.717) is 17.9 Å². The van der Waals surface area contributed by atoms with Crippen LogP contribution in [0.2, 0.25) is 0 Å². The smallest absolute Gasteiger partial charge is 0.272 e. The second-order valence-corrected chi connectivity index (χ2v) is 5.14. The lowest BCUT2D eigenvalue weighted by atomic mass is 10.1. The lowest BCUT2D eigenvalue weighted by molar-refractivity contribution is 0.0950. The summed E-state index contributed by atoms with van der Waals surface area (Å²) < 4.78 is 1.07. The summed E-state index contributed by atoms with van der Waals surface area (Å²) in [6.45, 7) is 2.63. The molecule has 0 aliphatic rings. The largest absolute Gasteiger partial charge is 0.396 e. The second-order valence-electron chi connectivity index (χ2n) is 3.98. The van der Waals surface area contributed by atoms with Gasteiger partial charge < -0.3 is 11.1 Å². The van der Waals surface area contributed by atoms with Crippen LogP contribution in [-0.4, -0.2) is 17.4 Å². The predicted molar refractivity (Wildman–Crippen MR) is 81.5 cm³/mol. The lowest BCUT2D eigenvalue weighted by Gasteiger charge is -2.09. The molecule has 94 valence electrons. The highest BCUT2D eigenvalue weighted by atomic mass is 127. The van der Waals surface area contributed by atoms with Crippen molar-refractivity contribution in [1.29, 1.82) is 0 Å². The maximum atomic E-state index is 11.9. The van der Waals surface area contributed by atoms with Gasteiger partial charge in [-0.25, -0.2) is 4.98 Å². The summed E-state index contributed by atoms with van der Waals surface area (Å²) in [5, 5.41) is 4.63. The van der Waals surface area contributed by atoms with Gasteiger partial charge in [0.15, 0.2) is 5.69 Å². The van der Waals surface area contributed by atoms with Crippen LogP contribution in [0, 0.1) is 3.57 Å². The van der Waals surface area contributed by atoms with E-state index in [1.165, 1.54) is 0 Å². The Morgan fingerprint density at radius 3 is 2.94 bits per heavy atom. The van der Waals surface area contributed by atoms with Crippen LogP contribution >= 0.6 is 22.6 Å². The van der Waals surface area contributed by atoms with Crippen molar-refractivity contribution in [2.45, 2.75) is 13.3 Å². The van der Waals surface area contributed by atoms with E-state index in [1.54, 1.807) is 6.20 Å². The van der Waals surface area contributed by atoms with Gasteiger partial charge in [0.2, 0.25) is 0 Å². The standard InChI is InChI=1S/C13H14IN3O/c1-2-6-16-13(18)12-11(15)8-4-3-5-10(14)9(8)7-17-12/h3-5,7H,2,6,15H2,1H3,(H,16,18). The number of amides is 1. The highest BCUT2D eigenvalue weighted by Crippen LogP contribution is 2.26. The SMILES string of the molecule is CCCNC(=O)c1ncc2c(I)cccc2c1N. The zero-order chi connectivity index (χ0) is 13.1. The van der Waals surface area contributed by atoms with Gasteiger partial charge in [-0.15, -0.1) is 0 Å². The van der Waals surface area contributed by atoms with Crippen molar-refractivity contribution >= 4 is 45.0 Å². The molecule has 0 saturated carbocycles. The van der Waals surface area contributed by atoms with Crippen LogP contribution in [0.5, 0.6) is 0 Å². The molecule has 1 amide bonds. The van der Waals surface area contributed by atoms with Crippen molar-refractivity contribution in [1.82, 2.24) is 10.3 Å². The molecule has 0 atom stereocenters. The van der Waals surface area contributed by atoms with Crippen molar-refractivity contribution in [2.75, 3.05) is 12.3 Å². The van der Waals surface area contributed by atoms with Crippen molar-refractivity contribution in [3.05, 3.63) is 33.7 Å². The first kappa shape index (κ1) is 13.1. The van der Waals surface area contributed by atoms with Crippen molar-refractivity contribution in [3.8, 4) is 0 Å². The van der Waals surface area contributed by atoms with E-state index in [2.05, 4.69) is 32.9 Å². The predicted octanol–water partition coefficient (Wildman–Crippen LogP) is 2.56. The summed E-state index contributed by atoms with van der Waals surface area (Å²) in [6, 6.07) is 5.82. The topological polar surface area (TPSA) is 68.0 Å². The quantitative estimate of drug-likeness (QED) is 0.832. The fourth-order valence-electron chi connectivity index (χ4n) is 1.73. The first-order valence-electron chi connectivity index (χ1n) is 5.76. The molecule has 3 N–H and O–H groups in total. The van der Waals surface area contributed by atoms with Crippen LogP contribution < -0.4 is 11.1 Å². The number of anilines is 1. The van der Waals surface area contributed by atoms with E-state index in [-0.39, 0.29) is 5.91 Å². The number of hydrogen-bond donors (Lipinski definition) is 2. The number of pyridine rings is 1. The molecule has 0 radical (unpaired) electrons. The number of hydrogen-bond acceptors (Lipinski definition) is 3. The Labute approximate surface area is 119 Å². The fraction of sp³-hybridized carbons (Fsp3) is 0.231. The molecule has 0 aliphatic carbocycles. The molecular formula is C13H14IN3O. The zero-order valence-corrected chi connectivity index (χ0v) is 12.2. The van der Waals surface area contributed by atoms with Crippen LogP contribution in [0.4, 0.5) is 5.69 Å². The first-order chi connectivity index (χ1) is 8.65. The summed E-state index contributed by atoms with van der Waals surface area (Å²) in [7, 11) is 0. The maximum absolute atomic E-state index is 11.9. The van der Waals surface area contributed by atoms with Gasteiger partial charge in [0.25, 0.3) is 5.91 Å². The van der Waals surface area contributed by atoms with Crippen LogP contribution in [0.15, 0.2) is 24.4 Å². The summed E-state index contributed by atoms with van der Waals surface area (Å²) in [6.07, 6.45) is 2.59. The fourth-order valence-corrected chi connectivity index (χ4v) is 2.37. The van der Waals surface area contributed by atoms with Crippen LogP contribution in [0.3, 0.4) is 0 Å². The number of nitrogen functional groups attached to an aromatic ring is 1. The van der Waals surface area contributed by atoms with E-state index in [0.717, 1.165) is 20.8 Å². The zero-order valence-electron chi connectivity index (χ0n) is 10.0. The molecule has 2 rings (SSSR count). The number of rotatable bonds is 3. The number of nitrogens with one attached hydrogen (secondary N) is 1. The van der Waals surface area contributed by atoms with Crippen LogP contribution in [-0.2, 0) is 0 Å². The van der Waals surface area contributed by atoms with Gasteiger partial charge in [-0.2, -0.15) is 0 Å². The number of halogens is 1. The Balaban J connectivity index is 2.48. The third-order valence-electron chi connectivity index (χ3n) is 2.67. The van der Waals surface area contributed by atoms with Gasteiger partial charge in [-0.1, -0.05) is 19.1 Å². The normalized spacial score (nSPS) is 10.6. The Morgan fingerprint density at radius 1 is 1.44 bits per heavy atom. The molecule has 1 heterocycles. The highest BCUT2D eigenvalue weighted by Gasteiger charge is 2.14.